The van der Waals surface area contributed by atoms with E-state index in [0.717, 1.165) is 22.3 Å². The summed E-state index contributed by atoms with van der Waals surface area (Å²) in [5, 5.41) is 10.5. The molecule has 4 nitrogen and oxygen atoms in total. The first-order valence-corrected chi connectivity index (χ1v) is 7.30. The number of benzene rings is 1. The van der Waals surface area contributed by atoms with Crippen LogP contribution in [0.1, 0.15) is 18.4 Å². The van der Waals surface area contributed by atoms with Crippen LogP contribution in [0.2, 0.25) is 0 Å². The van der Waals surface area contributed by atoms with E-state index in [4.69, 9.17) is 10.5 Å². The normalized spacial score (nSPS) is 18.7. The maximum Gasteiger partial charge on any atom is 0.0817 e. The lowest BCUT2D eigenvalue weighted by Gasteiger charge is -2.35. The largest absolute Gasteiger partial charge is 0.399 e. The van der Waals surface area contributed by atoms with Crippen molar-refractivity contribution in [1.82, 2.24) is 4.90 Å². The van der Waals surface area contributed by atoms with Gasteiger partial charge >= 0.3 is 0 Å². The molecule has 0 atom stereocenters. The van der Waals surface area contributed by atoms with Crippen LogP contribution in [0.3, 0.4) is 0 Å². The quantitative estimate of drug-likeness (QED) is 0.830. The van der Waals surface area contributed by atoms with E-state index in [1.807, 2.05) is 19.2 Å². The number of aliphatic hydroxyl groups is 1. The molecule has 2 rings (SSSR count). The molecule has 1 aliphatic rings. The van der Waals surface area contributed by atoms with Gasteiger partial charge in [-0.15, -0.1) is 0 Å². The third-order valence-electron chi connectivity index (χ3n) is 3.42. The summed E-state index contributed by atoms with van der Waals surface area (Å²) in [6.07, 6.45) is 1.41. The molecular formula is C14H21BrN2O2. The molecule has 0 radical (unpaired) electrons. The van der Waals surface area contributed by atoms with E-state index in [1.54, 1.807) is 0 Å². The molecule has 1 fully saturated rings. The molecule has 0 bridgehead atoms. The fourth-order valence-corrected chi connectivity index (χ4v) is 3.10. The minimum Gasteiger partial charge on any atom is -0.399 e. The number of hydrogen-bond donors (Lipinski definition) is 2. The van der Waals surface area contributed by atoms with E-state index in [1.165, 1.54) is 0 Å². The zero-order valence-electron chi connectivity index (χ0n) is 11.2. The van der Waals surface area contributed by atoms with Crippen LogP contribution in [-0.4, -0.2) is 42.4 Å². The molecule has 19 heavy (non-hydrogen) atoms. The van der Waals surface area contributed by atoms with Crippen LogP contribution in [0.25, 0.3) is 0 Å². The molecule has 1 aromatic carbocycles. The van der Waals surface area contributed by atoms with E-state index in [9.17, 15) is 5.11 Å². The van der Waals surface area contributed by atoms with E-state index in [0.29, 0.717) is 32.6 Å². The van der Waals surface area contributed by atoms with Gasteiger partial charge < -0.3 is 15.6 Å². The first kappa shape index (κ1) is 14.8. The maximum atomic E-state index is 10.5. The molecule has 106 valence electrons. The molecule has 0 amide bonds. The Labute approximate surface area is 122 Å². The van der Waals surface area contributed by atoms with Crippen molar-refractivity contribution >= 4 is 21.6 Å². The number of likely N-dealkylation sites (N-methyl/N-ethyl adjacent to an activating group) is 1. The number of hydrogen-bond acceptors (Lipinski definition) is 4. The van der Waals surface area contributed by atoms with Crippen LogP contribution in [0.4, 0.5) is 5.69 Å². The Morgan fingerprint density at radius 2 is 2.05 bits per heavy atom. The Morgan fingerprint density at radius 1 is 1.37 bits per heavy atom. The average Bonchev–Trinajstić information content (AvgIpc) is 2.27. The van der Waals surface area contributed by atoms with Crippen LogP contribution >= 0.6 is 15.9 Å². The average molecular weight is 329 g/mol. The molecule has 0 aliphatic carbocycles. The Morgan fingerprint density at radius 3 is 2.68 bits per heavy atom. The van der Waals surface area contributed by atoms with Crippen LogP contribution in [0.5, 0.6) is 0 Å². The van der Waals surface area contributed by atoms with Crippen LogP contribution in [-0.2, 0) is 11.3 Å². The number of nitrogens with two attached hydrogens (primary N) is 1. The standard InChI is InChI=1S/C14H21BrN2O2/c1-17(10-14(18)2-4-19-5-3-14)9-11-6-12(15)8-13(16)7-11/h6-8,18H,2-5,9-10,16H2,1H3. The summed E-state index contributed by atoms with van der Waals surface area (Å²) in [5.41, 5.74) is 7.11. The molecule has 0 spiro atoms. The second-order valence-electron chi connectivity index (χ2n) is 5.40. The van der Waals surface area contributed by atoms with E-state index in [2.05, 4.69) is 26.9 Å². The third-order valence-corrected chi connectivity index (χ3v) is 3.88. The number of rotatable bonds is 4. The van der Waals surface area contributed by atoms with Crippen molar-refractivity contribution in [2.45, 2.75) is 25.0 Å². The van der Waals surface area contributed by atoms with Gasteiger partial charge in [0.1, 0.15) is 0 Å². The van der Waals surface area contributed by atoms with Gasteiger partial charge in [-0.2, -0.15) is 0 Å². The SMILES string of the molecule is CN(Cc1cc(N)cc(Br)c1)CC1(O)CCOCC1. The minimum absolute atomic E-state index is 0.620. The number of ether oxygens (including phenoxy) is 1. The van der Waals surface area contributed by atoms with Crippen molar-refractivity contribution in [2.24, 2.45) is 0 Å². The molecule has 3 N–H and O–H groups in total. The summed E-state index contributed by atoms with van der Waals surface area (Å²) in [7, 11) is 2.02. The predicted molar refractivity (Wildman–Crippen MR) is 79.9 cm³/mol. The van der Waals surface area contributed by atoms with Gasteiger partial charge in [0.2, 0.25) is 0 Å². The van der Waals surface area contributed by atoms with Crippen molar-refractivity contribution in [2.75, 3.05) is 32.5 Å². The van der Waals surface area contributed by atoms with Crippen molar-refractivity contribution < 1.29 is 9.84 Å². The highest BCUT2D eigenvalue weighted by Crippen LogP contribution is 2.23. The molecule has 1 heterocycles. The lowest BCUT2D eigenvalue weighted by molar-refractivity contribution is -0.0777. The van der Waals surface area contributed by atoms with Gasteiger partial charge in [-0.25, -0.2) is 0 Å². The van der Waals surface area contributed by atoms with E-state index >= 15 is 0 Å². The summed E-state index contributed by atoms with van der Waals surface area (Å²) >= 11 is 3.45. The Hall–Kier alpha value is -0.620. The highest BCUT2D eigenvalue weighted by molar-refractivity contribution is 9.10. The molecule has 0 saturated carbocycles. The van der Waals surface area contributed by atoms with Crippen molar-refractivity contribution in [3.05, 3.63) is 28.2 Å². The molecule has 1 aliphatic heterocycles. The second kappa shape index (κ2) is 6.22. The Kier molecular flexibility index (Phi) is 4.84. The van der Waals surface area contributed by atoms with E-state index in [-0.39, 0.29) is 0 Å². The summed E-state index contributed by atoms with van der Waals surface area (Å²) in [4.78, 5) is 2.13. The molecule has 0 aromatic heterocycles. The highest BCUT2D eigenvalue weighted by atomic mass is 79.9. The van der Waals surface area contributed by atoms with Crippen LogP contribution in [0.15, 0.2) is 22.7 Å². The number of nitrogen functional groups attached to an aromatic ring is 1. The number of anilines is 1. The Balaban J connectivity index is 1.94. The van der Waals surface area contributed by atoms with Crippen LogP contribution < -0.4 is 5.73 Å². The van der Waals surface area contributed by atoms with Crippen molar-refractivity contribution in [1.29, 1.82) is 0 Å². The lowest BCUT2D eigenvalue weighted by Crippen LogP contribution is -2.45. The van der Waals surface area contributed by atoms with Gasteiger partial charge in [-0.3, -0.25) is 4.90 Å². The third kappa shape index (κ3) is 4.45. The number of halogens is 1. The first-order chi connectivity index (χ1) is 8.97. The summed E-state index contributed by atoms with van der Waals surface area (Å²) < 4.78 is 6.28. The molecule has 1 saturated heterocycles. The fraction of sp³-hybridized carbons (Fsp3) is 0.571. The monoisotopic (exact) mass is 328 g/mol. The van der Waals surface area contributed by atoms with Gasteiger partial charge in [-0.05, 0) is 30.8 Å². The predicted octanol–water partition coefficient (Wildman–Crippen LogP) is 2.00. The molecule has 1 aromatic rings. The zero-order valence-corrected chi connectivity index (χ0v) is 12.8. The van der Waals surface area contributed by atoms with Crippen LogP contribution in [0, 0.1) is 0 Å². The van der Waals surface area contributed by atoms with Crippen molar-refractivity contribution in [3.63, 3.8) is 0 Å². The Bertz CT molecular complexity index is 413. The summed E-state index contributed by atoms with van der Waals surface area (Å²) in [6.45, 7) is 2.72. The number of nitrogens with zero attached hydrogens (tertiary/aromatic N) is 1. The summed E-state index contributed by atoms with van der Waals surface area (Å²) in [5.74, 6) is 0. The molecule has 5 heteroatoms. The zero-order chi connectivity index (χ0) is 13.9. The summed E-state index contributed by atoms with van der Waals surface area (Å²) in [6, 6.07) is 5.91. The van der Waals surface area contributed by atoms with Gasteiger partial charge in [0.15, 0.2) is 0 Å². The van der Waals surface area contributed by atoms with Gasteiger partial charge in [0.05, 0.1) is 5.60 Å². The smallest absolute Gasteiger partial charge is 0.0817 e. The fourth-order valence-electron chi connectivity index (χ4n) is 2.55. The molecule has 0 unspecified atom stereocenters. The van der Waals surface area contributed by atoms with E-state index < -0.39 is 5.60 Å². The topological polar surface area (TPSA) is 58.7 Å². The van der Waals surface area contributed by atoms with Gasteiger partial charge in [0, 0.05) is 49.3 Å². The minimum atomic E-state index is -0.620. The van der Waals surface area contributed by atoms with Gasteiger partial charge in [0.25, 0.3) is 0 Å². The maximum absolute atomic E-state index is 10.5. The molecular weight excluding hydrogens is 308 g/mol. The van der Waals surface area contributed by atoms with Crippen molar-refractivity contribution in [3.8, 4) is 0 Å². The highest BCUT2D eigenvalue weighted by Gasteiger charge is 2.30. The lowest BCUT2D eigenvalue weighted by atomic mass is 9.94. The van der Waals surface area contributed by atoms with Gasteiger partial charge in [-0.1, -0.05) is 15.9 Å². The first-order valence-electron chi connectivity index (χ1n) is 6.50. The second-order valence-corrected chi connectivity index (χ2v) is 6.32.